The molecular formula is C22H20ClN3O4. The highest BCUT2D eigenvalue weighted by atomic mass is 35.5. The first-order valence-electron chi connectivity index (χ1n) is 9.38. The van der Waals surface area contributed by atoms with Crippen molar-refractivity contribution in [2.75, 3.05) is 18.5 Å². The summed E-state index contributed by atoms with van der Waals surface area (Å²) in [7, 11) is 1.77. The average Bonchev–Trinajstić information content (AvgIpc) is 2.96. The average molecular weight is 426 g/mol. The Kier molecular flexibility index (Phi) is 5.37. The van der Waals surface area contributed by atoms with E-state index in [2.05, 4.69) is 5.32 Å². The van der Waals surface area contributed by atoms with Crippen LogP contribution in [0, 0.1) is 6.92 Å². The van der Waals surface area contributed by atoms with E-state index in [-0.39, 0.29) is 11.2 Å². The number of anilines is 1. The molecule has 30 heavy (non-hydrogen) atoms. The van der Waals surface area contributed by atoms with Crippen molar-refractivity contribution >= 4 is 29.3 Å². The third-order valence-electron chi connectivity index (χ3n) is 4.85. The normalized spacial score (nSPS) is 12.9. The predicted octanol–water partition coefficient (Wildman–Crippen LogP) is 3.56. The summed E-state index contributed by atoms with van der Waals surface area (Å²) in [6, 6.07) is 12.7. The van der Waals surface area contributed by atoms with Gasteiger partial charge in [-0.25, -0.2) is 4.68 Å². The summed E-state index contributed by atoms with van der Waals surface area (Å²) in [5.74, 6) is 0.622. The molecule has 0 aliphatic carbocycles. The van der Waals surface area contributed by atoms with Gasteiger partial charge in [-0.2, -0.15) is 0 Å². The van der Waals surface area contributed by atoms with Gasteiger partial charge in [0, 0.05) is 13.1 Å². The van der Waals surface area contributed by atoms with Crippen molar-refractivity contribution in [1.82, 2.24) is 9.36 Å². The number of benzene rings is 2. The van der Waals surface area contributed by atoms with Gasteiger partial charge in [-0.15, -0.1) is 0 Å². The zero-order valence-corrected chi connectivity index (χ0v) is 17.3. The zero-order valence-electron chi connectivity index (χ0n) is 16.5. The van der Waals surface area contributed by atoms with Gasteiger partial charge in [0.2, 0.25) is 5.91 Å². The molecule has 0 saturated heterocycles. The summed E-state index contributed by atoms with van der Waals surface area (Å²) in [6.07, 6.45) is 2.95. The molecule has 7 nitrogen and oxygen atoms in total. The monoisotopic (exact) mass is 425 g/mol. The number of nitrogens with one attached hydrogen (secondary N) is 1. The van der Waals surface area contributed by atoms with Crippen molar-refractivity contribution < 1.29 is 14.3 Å². The lowest BCUT2D eigenvalue weighted by molar-refractivity contribution is -0.111. The van der Waals surface area contributed by atoms with Gasteiger partial charge in [0.25, 0.3) is 5.56 Å². The number of ether oxygens (including phenoxy) is 2. The number of nitrogens with zero attached hydrogens (tertiary/aromatic N) is 2. The summed E-state index contributed by atoms with van der Waals surface area (Å²) in [4.78, 5) is 25.4. The van der Waals surface area contributed by atoms with Crippen LogP contribution in [0.1, 0.15) is 11.3 Å². The molecule has 1 N–H and O–H groups in total. The smallest absolute Gasteiger partial charge is 0.295 e. The Morgan fingerprint density at radius 1 is 1.17 bits per heavy atom. The summed E-state index contributed by atoms with van der Waals surface area (Å²) in [5.41, 5.74) is 1.98. The summed E-state index contributed by atoms with van der Waals surface area (Å²) >= 11 is 6.23. The fourth-order valence-corrected chi connectivity index (χ4v) is 3.55. The number of amides is 1. The highest BCUT2D eigenvalue weighted by Gasteiger charge is 2.18. The molecular weight excluding hydrogens is 406 g/mol. The van der Waals surface area contributed by atoms with Crippen LogP contribution < -0.4 is 20.3 Å². The Balaban J connectivity index is 1.57. The zero-order chi connectivity index (χ0) is 21.3. The summed E-state index contributed by atoms with van der Waals surface area (Å²) < 4.78 is 14.3. The molecule has 0 bridgehead atoms. The van der Waals surface area contributed by atoms with Crippen molar-refractivity contribution in [3.63, 3.8) is 0 Å². The second kappa shape index (κ2) is 8.12. The van der Waals surface area contributed by atoms with Crippen LogP contribution in [0.2, 0.25) is 5.02 Å². The molecule has 1 aliphatic rings. The van der Waals surface area contributed by atoms with Crippen molar-refractivity contribution in [3.8, 4) is 17.2 Å². The van der Waals surface area contributed by atoms with Crippen molar-refractivity contribution in [2.24, 2.45) is 7.05 Å². The molecule has 154 valence electrons. The molecule has 1 aromatic heterocycles. The first-order chi connectivity index (χ1) is 14.5. The van der Waals surface area contributed by atoms with E-state index in [0.717, 1.165) is 5.69 Å². The quantitative estimate of drug-likeness (QED) is 0.648. The lowest BCUT2D eigenvalue weighted by Crippen LogP contribution is -2.22. The third kappa shape index (κ3) is 3.71. The van der Waals surface area contributed by atoms with Crippen LogP contribution in [0.3, 0.4) is 0 Å². The Morgan fingerprint density at radius 3 is 2.67 bits per heavy atom. The van der Waals surface area contributed by atoms with E-state index < -0.39 is 5.91 Å². The van der Waals surface area contributed by atoms with E-state index in [1.807, 2.05) is 30.3 Å². The van der Waals surface area contributed by atoms with Crippen LogP contribution in [-0.4, -0.2) is 28.5 Å². The molecule has 3 aromatic rings. The Morgan fingerprint density at radius 2 is 1.90 bits per heavy atom. The first kappa shape index (κ1) is 19.8. The molecule has 8 heteroatoms. The Bertz CT molecular complexity index is 1200. The third-order valence-corrected chi connectivity index (χ3v) is 5.13. The highest BCUT2D eigenvalue weighted by Crippen LogP contribution is 2.38. The lowest BCUT2D eigenvalue weighted by Gasteiger charge is -2.19. The maximum atomic E-state index is 12.9. The minimum Gasteiger partial charge on any atom is -0.486 e. The van der Waals surface area contributed by atoms with E-state index >= 15 is 0 Å². The van der Waals surface area contributed by atoms with Gasteiger partial charge >= 0.3 is 0 Å². The minimum atomic E-state index is -0.424. The van der Waals surface area contributed by atoms with Crippen molar-refractivity contribution in [1.29, 1.82) is 0 Å². The number of hydrogen-bond acceptors (Lipinski definition) is 4. The fraction of sp³-hybridized carbons (Fsp3) is 0.182. The first-order valence-corrected chi connectivity index (χ1v) is 9.75. The molecule has 0 saturated carbocycles. The van der Waals surface area contributed by atoms with Crippen LogP contribution in [-0.2, 0) is 11.8 Å². The van der Waals surface area contributed by atoms with Gasteiger partial charge < -0.3 is 14.8 Å². The number of carbonyl (C=O) groups is 1. The van der Waals surface area contributed by atoms with E-state index in [1.54, 1.807) is 36.9 Å². The molecule has 1 aliphatic heterocycles. The number of carbonyl (C=O) groups excluding carboxylic acids is 1. The second-order valence-electron chi connectivity index (χ2n) is 6.79. The number of fused-ring (bicyclic) bond motifs is 1. The second-order valence-corrected chi connectivity index (χ2v) is 7.19. The molecule has 2 heterocycles. The lowest BCUT2D eigenvalue weighted by atomic mass is 10.1. The van der Waals surface area contributed by atoms with E-state index in [1.165, 1.54) is 10.8 Å². The number of halogens is 1. The molecule has 0 atom stereocenters. The van der Waals surface area contributed by atoms with Gasteiger partial charge in [-0.05, 0) is 42.8 Å². The molecule has 0 fully saturated rings. The Labute approximate surface area is 178 Å². The fourth-order valence-electron chi connectivity index (χ4n) is 3.28. The van der Waals surface area contributed by atoms with E-state index in [9.17, 15) is 9.59 Å². The van der Waals surface area contributed by atoms with Crippen LogP contribution in [0.15, 0.2) is 53.3 Å². The maximum Gasteiger partial charge on any atom is 0.295 e. The van der Waals surface area contributed by atoms with Gasteiger partial charge in [0.05, 0.1) is 16.4 Å². The number of rotatable bonds is 4. The van der Waals surface area contributed by atoms with Crippen LogP contribution >= 0.6 is 11.6 Å². The van der Waals surface area contributed by atoms with E-state index in [4.69, 9.17) is 21.1 Å². The number of para-hydroxylation sites is 1. The van der Waals surface area contributed by atoms with E-state index in [0.29, 0.717) is 41.0 Å². The maximum absolute atomic E-state index is 12.9. The largest absolute Gasteiger partial charge is 0.486 e. The molecule has 0 radical (unpaired) electrons. The summed E-state index contributed by atoms with van der Waals surface area (Å²) in [5, 5.41) is 3.10. The molecule has 0 unspecified atom stereocenters. The van der Waals surface area contributed by atoms with Gasteiger partial charge in [-0.1, -0.05) is 29.8 Å². The minimum absolute atomic E-state index is 0.233. The predicted molar refractivity (Wildman–Crippen MR) is 116 cm³/mol. The molecule has 0 spiro atoms. The molecule has 4 rings (SSSR count). The van der Waals surface area contributed by atoms with Crippen LogP contribution in [0.25, 0.3) is 11.8 Å². The number of aromatic nitrogens is 2. The van der Waals surface area contributed by atoms with Gasteiger partial charge in [0.1, 0.15) is 18.9 Å². The Hall–Kier alpha value is -3.45. The van der Waals surface area contributed by atoms with Crippen LogP contribution in [0.4, 0.5) is 5.69 Å². The molecule has 2 aromatic carbocycles. The summed E-state index contributed by atoms with van der Waals surface area (Å²) in [6.45, 7) is 2.67. The standard InChI is InChI=1S/C22H20ClN3O4/c1-14-20(22(28)26(25(14)2)16-6-4-3-5-7-16)24-19(27)9-8-15-12-17(23)21-18(13-15)29-10-11-30-21/h3-9,12-13H,10-11H2,1-2H3,(H,24,27)/b9-8+. The van der Waals surface area contributed by atoms with Crippen molar-refractivity contribution in [3.05, 3.63) is 75.2 Å². The van der Waals surface area contributed by atoms with Crippen LogP contribution in [0.5, 0.6) is 11.5 Å². The SMILES string of the molecule is Cc1c(NC(=O)/C=C/c2cc(Cl)c3c(c2)OCCO3)c(=O)n(-c2ccccc2)n1C. The highest BCUT2D eigenvalue weighted by molar-refractivity contribution is 6.32. The van der Waals surface area contributed by atoms with Gasteiger partial charge in [0.15, 0.2) is 11.5 Å². The number of hydrogen-bond donors (Lipinski definition) is 1. The molecule has 1 amide bonds. The van der Waals surface area contributed by atoms with Gasteiger partial charge in [-0.3, -0.25) is 14.3 Å². The topological polar surface area (TPSA) is 74.5 Å². The van der Waals surface area contributed by atoms with Crippen molar-refractivity contribution in [2.45, 2.75) is 6.92 Å².